The number of nitrogens with one attached hydrogen (secondary N) is 1. The molecule has 0 unspecified atom stereocenters. The highest BCUT2D eigenvalue weighted by Gasteiger charge is 2.19. The minimum Gasteiger partial charge on any atom is -0.382 e. The average Bonchev–Trinajstić information content (AvgIpc) is 3.41. The first kappa shape index (κ1) is 19.9. The number of nitrogens with zero attached hydrogens (tertiary/aromatic N) is 4. The van der Waals surface area contributed by atoms with Crippen molar-refractivity contribution in [2.45, 2.75) is 0 Å². The third-order valence-corrected chi connectivity index (χ3v) is 5.37. The molecule has 0 aliphatic heterocycles. The Morgan fingerprint density at radius 1 is 1.20 bits per heavy atom. The number of rotatable bonds is 5. The van der Waals surface area contributed by atoms with Crippen LogP contribution < -0.4 is 11.1 Å². The van der Waals surface area contributed by atoms with Crippen molar-refractivity contribution < 1.29 is 13.8 Å². The van der Waals surface area contributed by atoms with Crippen LogP contribution in [0.3, 0.4) is 0 Å². The molecule has 0 radical (unpaired) electrons. The number of aliphatic imine (C=N–C) groups is 1. The van der Waals surface area contributed by atoms with Crippen molar-refractivity contribution in [1.82, 2.24) is 15.3 Å². The Bertz CT molecular complexity index is 1240. The van der Waals surface area contributed by atoms with E-state index in [9.17, 15) is 9.18 Å². The summed E-state index contributed by atoms with van der Waals surface area (Å²) >= 11 is 4.43. The molecule has 4 rings (SSSR count). The molecule has 0 fully saturated rings. The van der Waals surface area contributed by atoms with Crippen molar-refractivity contribution in [3.05, 3.63) is 75.6 Å². The van der Waals surface area contributed by atoms with Gasteiger partial charge in [0.05, 0.1) is 10.2 Å². The van der Waals surface area contributed by atoms with Crippen molar-refractivity contribution in [3.63, 3.8) is 0 Å². The lowest BCUT2D eigenvalue weighted by Crippen LogP contribution is -2.19. The molecule has 0 aliphatic carbocycles. The summed E-state index contributed by atoms with van der Waals surface area (Å²) in [5, 5.41) is 12.3. The molecule has 150 valence electrons. The highest BCUT2D eigenvalue weighted by molar-refractivity contribution is 9.10. The number of aromatic nitrogens is 3. The maximum Gasteiger partial charge on any atom is 0.276 e. The molecule has 30 heavy (non-hydrogen) atoms. The zero-order valence-electron chi connectivity index (χ0n) is 15.0. The second-order valence-electron chi connectivity index (χ2n) is 5.91. The fraction of sp³-hybridized carbons (Fsp3) is 0. The predicted octanol–water partition coefficient (Wildman–Crippen LogP) is 4.38. The van der Waals surface area contributed by atoms with Gasteiger partial charge in [0.2, 0.25) is 5.82 Å². The number of amidine groups is 1. The van der Waals surface area contributed by atoms with Crippen LogP contribution in [0.25, 0.3) is 10.6 Å². The molecule has 2 aromatic carbocycles. The van der Waals surface area contributed by atoms with Crippen molar-refractivity contribution >= 4 is 50.5 Å². The molecule has 0 saturated heterocycles. The van der Waals surface area contributed by atoms with Gasteiger partial charge >= 0.3 is 0 Å². The fourth-order valence-corrected chi connectivity index (χ4v) is 3.62. The van der Waals surface area contributed by atoms with Gasteiger partial charge < -0.3 is 11.1 Å². The largest absolute Gasteiger partial charge is 0.382 e. The van der Waals surface area contributed by atoms with Gasteiger partial charge in [-0.05, 0) is 44.4 Å². The van der Waals surface area contributed by atoms with Gasteiger partial charge in [-0.2, -0.15) is 0 Å². The van der Waals surface area contributed by atoms with E-state index in [1.165, 1.54) is 29.5 Å². The summed E-state index contributed by atoms with van der Waals surface area (Å²) in [6.07, 6.45) is 0. The number of benzene rings is 2. The minimum absolute atomic E-state index is 0.00307. The Labute approximate surface area is 181 Å². The lowest BCUT2D eigenvalue weighted by Gasteiger charge is -2.02. The molecule has 0 atom stereocenters. The van der Waals surface area contributed by atoms with Crippen LogP contribution in [0.1, 0.15) is 16.2 Å². The fourth-order valence-electron chi connectivity index (χ4n) is 2.45. The first-order valence-electron chi connectivity index (χ1n) is 8.45. The summed E-state index contributed by atoms with van der Waals surface area (Å²) in [6.45, 7) is 0. The monoisotopic (exact) mass is 486 g/mol. The smallest absolute Gasteiger partial charge is 0.276 e. The summed E-state index contributed by atoms with van der Waals surface area (Å²) in [5.41, 5.74) is 7.52. The van der Waals surface area contributed by atoms with E-state index in [0.29, 0.717) is 10.7 Å². The van der Waals surface area contributed by atoms with Gasteiger partial charge in [0, 0.05) is 10.9 Å². The number of hydrogen-bond acceptors (Lipinski definition) is 7. The van der Waals surface area contributed by atoms with E-state index in [2.05, 4.69) is 41.5 Å². The van der Waals surface area contributed by atoms with Gasteiger partial charge in [-0.15, -0.1) is 11.3 Å². The van der Waals surface area contributed by atoms with Crippen LogP contribution in [0.15, 0.2) is 68.0 Å². The Morgan fingerprint density at radius 3 is 2.77 bits per heavy atom. The van der Waals surface area contributed by atoms with Gasteiger partial charge in [0.25, 0.3) is 5.91 Å². The highest BCUT2D eigenvalue weighted by atomic mass is 79.9. The zero-order chi connectivity index (χ0) is 21.1. The van der Waals surface area contributed by atoms with Gasteiger partial charge in [0.15, 0.2) is 11.5 Å². The second-order valence-corrected chi connectivity index (χ2v) is 7.63. The standard InChI is InChI=1S/C19H12BrFN6O2S/c20-12-8-11(6-7-13(12)21)23-16(22)15-17(27-29-26-15)25-18(28)14-9-30-19(24-14)10-4-2-1-3-5-10/h1-9H,(H2,22,23)(H,25,27,28). The SMILES string of the molecule is NC(=Nc1ccc(F)c(Br)c1)c1nonc1NC(=O)c1csc(-c2ccccc2)n1. The molecule has 4 aromatic rings. The number of halogens is 2. The zero-order valence-corrected chi connectivity index (χ0v) is 17.4. The van der Waals surface area contributed by atoms with Crippen LogP contribution in [-0.2, 0) is 0 Å². The van der Waals surface area contributed by atoms with E-state index >= 15 is 0 Å². The van der Waals surface area contributed by atoms with Crippen LogP contribution in [0.2, 0.25) is 0 Å². The Kier molecular flexibility index (Phi) is 5.63. The average molecular weight is 487 g/mol. The summed E-state index contributed by atoms with van der Waals surface area (Å²) in [4.78, 5) is 21.1. The molecule has 3 N–H and O–H groups in total. The van der Waals surface area contributed by atoms with Crippen LogP contribution in [0, 0.1) is 5.82 Å². The molecule has 2 aromatic heterocycles. The summed E-state index contributed by atoms with van der Waals surface area (Å²) in [7, 11) is 0. The molecular weight excluding hydrogens is 475 g/mol. The molecule has 1 amide bonds. The second kappa shape index (κ2) is 8.51. The van der Waals surface area contributed by atoms with Crippen molar-refractivity contribution in [1.29, 1.82) is 0 Å². The maximum absolute atomic E-state index is 13.4. The van der Waals surface area contributed by atoms with E-state index in [-0.39, 0.29) is 27.5 Å². The van der Waals surface area contributed by atoms with Gasteiger partial charge in [-0.25, -0.2) is 19.0 Å². The maximum atomic E-state index is 13.4. The first-order chi connectivity index (χ1) is 14.5. The number of carbonyl (C=O) groups is 1. The topological polar surface area (TPSA) is 119 Å². The molecular formula is C19H12BrFN6O2S. The van der Waals surface area contributed by atoms with E-state index in [4.69, 9.17) is 10.4 Å². The molecule has 0 aliphatic rings. The number of nitrogens with two attached hydrogens (primary N) is 1. The van der Waals surface area contributed by atoms with Crippen molar-refractivity contribution in [2.24, 2.45) is 10.7 Å². The van der Waals surface area contributed by atoms with Gasteiger partial charge in [-0.3, -0.25) is 4.79 Å². The van der Waals surface area contributed by atoms with Crippen LogP contribution >= 0.6 is 27.3 Å². The van der Waals surface area contributed by atoms with Crippen LogP contribution in [-0.4, -0.2) is 27.0 Å². The summed E-state index contributed by atoms with van der Waals surface area (Å²) in [6, 6.07) is 13.6. The highest BCUT2D eigenvalue weighted by Crippen LogP contribution is 2.25. The number of carbonyl (C=O) groups excluding carboxylic acids is 1. The number of amides is 1. The number of hydrogen-bond donors (Lipinski definition) is 2. The van der Waals surface area contributed by atoms with Crippen LogP contribution in [0.4, 0.5) is 15.9 Å². The number of thiazole rings is 1. The molecule has 11 heteroatoms. The van der Waals surface area contributed by atoms with Crippen molar-refractivity contribution in [3.8, 4) is 10.6 Å². The molecule has 0 saturated carbocycles. The normalized spacial score (nSPS) is 11.5. The predicted molar refractivity (Wildman–Crippen MR) is 114 cm³/mol. The van der Waals surface area contributed by atoms with Gasteiger partial charge in [-0.1, -0.05) is 30.3 Å². The quantitative estimate of drug-likeness (QED) is 0.319. The Balaban J connectivity index is 1.53. The third kappa shape index (κ3) is 4.26. The van der Waals surface area contributed by atoms with E-state index in [0.717, 1.165) is 5.56 Å². The minimum atomic E-state index is -0.497. The third-order valence-electron chi connectivity index (χ3n) is 3.87. The van der Waals surface area contributed by atoms with Gasteiger partial charge in [0.1, 0.15) is 16.5 Å². The lowest BCUT2D eigenvalue weighted by molar-refractivity contribution is 0.102. The molecule has 0 bridgehead atoms. The molecule has 8 nitrogen and oxygen atoms in total. The summed E-state index contributed by atoms with van der Waals surface area (Å²) < 4.78 is 18.3. The lowest BCUT2D eigenvalue weighted by atomic mass is 10.2. The Hall–Kier alpha value is -3.44. The van der Waals surface area contributed by atoms with E-state index in [1.807, 2.05) is 30.3 Å². The van der Waals surface area contributed by atoms with E-state index < -0.39 is 11.7 Å². The number of anilines is 1. The summed E-state index contributed by atoms with van der Waals surface area (Å²) in [5.74, 6) is -0.991. The first-order valence-corrected chi connectivity index (χ1v) is 10.1. The van der Waals surface area contributed by atoms with Crippen molar-refractivity contribution in [2.75, 3.05) is 5.32 Å². The molecule has 2 heterocycles. The van der Waals surface area contributed by atoms with Crippen LogP contribution in [0.5, 0.6) is 0 Å². The molecule has 0 spiro atoms. The van der Waals surface area contributed by atoms with E-state index in [1.54, 1.807) is 5.38 Å². The Morgan fingerprint density at radius 2 is 2.00 bits per heavy atom.